The summed E-state index contributed by atoms with van der Waals surface area (Å²) in [7, 11) is 0. The van der Waals surface area contributed by atoms with Crippen LogP contribution < -0.4 is 5.32 Å². The normalized spacial score (nSPS) is 14.6. The average molecular weight is 290 g/mol. The first-order chi connectivity index (χ1) is 9.85. The van der Waals surface area contributed by atoms with Crippen molar-refractivity contribution >= 4 is 23.8 Å². The smallest absolute Gasteiger partial charge is 0.412 e. The highest BCUT2D eigenvalue weighted by Crippen LogP contribution is 2.18. The van der Waals surface area contributed by atoms with Crippen LogP contribution in [0.3, 0.4) is 0 Å². The number of rotatable bonds is 2. The number of azo groups is 1. The van der Waals surface area contributed by atoms with Gasteiger partial charge in [0.1, 0.15) is 18.5 Å². The van der Waals surface area contributed by atoms with Gasteiger partial charge in [0.25, 0.3) is 0 Å². The first-order valence-corrected chi connectivity index (χ1v) is 6.49. The van der Waals surface area contributed by atoms with E-state index in [1.807, 2.05) is 20.8 Å². The van der Waals surface area contributed by atoms with E-state index in [4.69, 9.17) is 4.74 Å². The minimum absolute atomic E-state index is 0.368. The number of nitrogens with one attached hydrogen (secondary N) is 1. The zero-order valence-corrected chi connectivity index (χ0v) is 12.5. The summed E-state index contributed by atoms with van der Waals surface area (Å²) in [6.07, 6.45) is 4.17. The number of nitrogens with zero attached hydrogens (tertiary/aromatic N) is 5. The monoisotopic (exact) mass is 290 g/mol. The van der Waals surface area contributed by atoms with E-state index in [1.54, 1.807) is 24.0 Å². The number of aromatic nitrogens is 2. The predicted molar refractivity (Wildman–Crippen MR) is 79.3 cm³/mol. The molecule has 0 radical (unpaired) electrons. The molecule has 0 spiro atoms. The molecule has 2 heterocycles. The molecule has 0 saturated carbocycles. The summed E-state index contributed by atoms with van der Waals surface area (Å²) in [5.41, 5.74) is 1.46. The summed E-state index contributed by atoms with van der Waals surface area (Å²) in [5, 5.41) is 14.6. The molecule has 0 saturated heterocycles. The molecule has 1 amide bonds. The van der Waals surface area contributed by atoms with Crippen molar-refractivity contribution in [1.29, 1.82) is 0 Å². The Bertz CT molecular complexity index is 621. The first-order valence-electron chi connectivity index (χ1n) is 6.49. The van der Waals surface area contributed by atoms with Crippen molar-refractivity contribution in [2.45, 2.75) is 33.3 Å². The van der Waals surface area contributed by atoms with Gasteiger partial charge in [-0.25, -0.2) is 14.5 Å². The van der Waals surface area contributed by atoms with Gasteiger partial charge >= 0.3 is 6.09 Å². The Labute approximate surface area is 122 Å². The second-order valence-corrected chi connectivity index (χ2v) is 5.50. The molecule has 21 heavy (non-hydrogen) atoms. The fourth-order valence-corrected chi connectivity index (χ4v) is 1.61. The molecule has 0 atom stereocenters. The molecule has 112 valence electrons. The van der Waals surface area contributed by atoms with Crippen molar-refractivity contribution in [2.75, 3.05) is 11.9 Å². The van der Waals surface area contributed by atoms with E-state index in [0.29, 0.717) is 17.9 Å². The lowest BCUT2D eigenvalue weighted by atomic mass is 10.2. The van der Waals surface area contributed by atoms with E-state index >= 15 is 0 Å². The second-order valence-electron chi connectivity index (χ2n) is 5.50. The Morgan fingerprint density at radius 1 is 1.43 bits per heavy atom. The highest BCUT2D eigenvalue weighted by atomic mass is 16.6. The lowest BCUT2D eigenvalue weighted by molar-refractivity contribution is 0.0636. The van der Waals surface area contributed by atoms with Crippen molar-refractivity contribution in [1.82, 2.24) is 9.78 Å². The van der Waals surface area contributed by atoms with Crippen LogP contribution in [0.1, 0.15) is 26.5 Å². The highest BCUT2D eigenvalue weighted by Gasteiger charge is 2.18. The van der Waals surface area contributed by atoms with Crippen LogP contribution in [0.4, 0.5) is 10.5 Å². The van der Waals surface area contributed by atoms with Crippen LogP contribution >= 0.6 is 0 Å². The number of amides is 1. The molecule has 8 nitrogen and oxygen atoms in total. The van der Waals surface area contributed by atoms with Gasteiger partial charge in [-0.15, -0.1) is 5.11 Å². The molecular weight excluding hydrogens is 272 g/mol. The molecule has 8 heteroatoms. The number of ether oxygens (including phenoxy) is 1. The molecule has 0 unspecified atom stereocenters. The highest BCUT2D eigenvalue weighted by molar-refractivity contribution is 5.85. The Morgan fingerprint density at radius 3 is 2.90 bits per heavy atom. The van der Waals surface area contributed by atoms with Gasteiger partial charge in [-0.2, -0.15) is 10.2 Å². The topological polar surface area (TPSA) is 93.2 Å². The molecular formula is C13H18N6O2. The number of carbonyl (C=O) groups excluding carboxylic acids is 1. The minimum atomic E-state index is -0.549. The summed E-state index contributed by atoms with van der Waals surface area (Å²) in [6.45, 7) is 7.59. The van der Waals surface area contributed by atoms with Gasteiger partial charge in [0, 0.05) is 0 Å². The molecule has 0 aromatic carbocycles. The SMILES string of the molecule is Cc1nn(C2=CN=CN=NC2)cc1NC(=O)OC(C)(C)C. The number of aryl methyl sites for hydroxylation is 1. The molecule has 1 aliphatic rings. The first kappa shape index (κ1) is 14.9. The zero-order valence-electron chi connectivity index (χ0n) is 12.5. The molecule has 1 N–H and O–H groups in total. The molecule has 1 aromatic heterocycles. The van der Waals surface area contributed by atoms with Crippen molar-refractivity contribution in [2.24, 2.45) is 15.2 Å². The van der Waals surface area contributed by atoms with Gasteiger partial charge < -0.3 is 4.74 Å². The van der Waals surface area contributed by atoms with E-state index in [-0.39, 0.29) is 0 Å². The fourth-order valence-electron chi connectivity index (χ4n) is 1.61. The third-order valence-corrected chi connectivity index (χ3v) is 2.49. The average Bonchev–Trinajstić information content (AvgIpc) is 2.60. The van der Waals surface area contributed by atoms with Crippen molar-refractivity contribution in [3.8, 4) is 0 Å². The van der Waals surface area contributed by atoms with Crippen LogP contribution in [0.15, 0.2) is 27.6 Å². The van der Waals surface area contributed by atoms with Crippen LogP contribution in [0.5, 0.6) is 0 Å². The maximum absolute atomic E-state index is 11.8. The second kappa shape index (κ2) is 5.86. The van der Waals surface area contributed by atoms with E-state index in [0.717, 1.165) is 5.70 Å². The number of hydrogen-bond acceptors (Lipinski definition) is 6. The van der Waals surface area contributed by atoms with E-state index in [9.17, 15) is 4.79 Å². The Kier molecular flexibility index (Phi) is 4.15. The van der Waals surface area contributed by atoms with Gasteiger partial charge in [0.05, 0.1) is 29.5 Å². The maximum Gasteiger partial charge on any atom is 0.412 e. The van der Waals surface area contributed by atoms with Crippen LogP contribution in [0.2, 0.25) is 0 Å². The van der Waals surface area contributed by atoms with Gasteiger partial charge in [-0.05, 0) is 27.7 Å². The summed E-state index contributed by atoms with van der Waals surface area (Å²) >= 11 is 0. The van der Waals surface area contributed by atoms with Gasteiger partial charge in [0.15, 0.2) is 0 Å². The third-order valence-electron chi connectivity index (χ3n) is 2.49. The third kappa shape index (κ3) is 4.23. The van der Waals surface area contributed by atoms with Gasteiger partial charge in [0.2, 0.25) is 0 Å². The number of anilines is 1. The number of hydrogen-bond donors (Lipinski definition) is 1. The van der Waals surface area contributed by atoms with E-state index in [2.05, 4.69) is 25.6 Å². The summed E-state index contributed by atoms with van der Waals surface area (Å²) < 4.78 is 6.83. The summed E-state index contributed by atoms with van der Waals surface area (Å²) in [4.78, 5) is 15.7. The Balaban J connectivity index is 2.13. The Morgan fingerprint density at radius 2 is 2.19 bits per heavy atom. The molecule has 0 bridgehead atoms. The molecule has 2 rings (SSSR count). The van der Waals surface area contributed by atoms with Crippen LogP contribution in [-0.2, 0) is 4.74 Å². The largest absolute Gasteiger partial charge is 0.444 e. The Hall–Kier alpha value is -2.51. The van der Waals surface area contributed by atoms with Crippen LogP contribution in [0.25, 0.3) is 5.70 Å². The molecule has 0 aliphatic carbocycles. The quantitative estimate of drug-likeness (QED) is 0.907. The van der Waals surface area contributed by atoms with Crippen molar-refractivity contribution in [3.63, 3.8) is 0 Å². The van der Waals surface area contributed by atoms with Gasteiger partial charge in [-0.3, -0.25) is 5.32 Å². The summed E-state index contributed by atoms with van der Waals surface area (Å²) in [6, 6.07) is 0. The standard InChI is InChI=1S/C13H18N6O2/c1-9-11(17-12(20)21-13(2,3)4)7-19(18-9)10-5-14-8-16-15-6-10/h5,7-8H,6H2,1-4H3,(H,17,20). The minimum Gasteiger partial charge on any atom is -0.444 e. The van der Waals surface area contributed by atoms with Crippen LogP contribution in [-0.4, -0.2) is 34.4 Å². The predicted octanol–water partition coefficient (Wildman–Crippen LogP) is 2.83. The van der Waals surface area contributed by atoms with Crippen LogP contribution in [0, 0.1) is 6.92 Å². The summed E-state index contributed by atoms with van der Waals surface area (Å²) in [5.74, 6) is 0. The molecule has 1 aliphatic heterocycles. The lowest BCUT2D eigenvalue weighted by Gasteiger charge is -2.19. The van der Waals surface area contributed by atoms with Crippen molar-refractivity contribution < 1.29 is 9.53 Å². The number of carbonyl (C=O) groups is 1. The lowest BCUT2D eigenvalue weighted by Crippen LogP contribution is -2.27. The van der Waals surface area contributed by atoms with Crippen molar-refractivity contribution in [3.05, 3.63) is 18.1 Å². The fraction of sp³-hybridized carbons (Fsp3) is 0.462. The van der Waals surface area contributed by atoms with E-state index < -0.39 is 11.7 Å². The number of aliphatic imine (C=N–C) groups is 1. The zero-order chi connectivity index (χ0) is 15.5. The van der Waals surface area contributed by atoms with E-state index in [1.165, 1.54) is 6.34 Å². The van der Waals surface area contributed by atoms with Gasteiger partial charge in [-0.1, -0.05) is 0 Å². The molecule has 0 fully saturated rings. The molecule has 1 aromatic rings. The maximum atomic E-state index is 11.8.